The van der Waals surface area contributed by atoms with Crippen molar-refractivity contribution in [1.82, 2.24) is 9.80 Å². The highest BCUT2D eigenvalue weighted by Crippen LogP contribution is 2.34. The summed E-state index contributed by atoms with van der Waals surface area (Å²) >= 11 is 12.4. The molecule has 1 atom stereocenters. The van der Waals surface area contributed by atoms with Gasteiger partial charge in [0.15, 0.2) is 0 Å². The standard InChI is InChI=1S/C18H23Cl2N3O3/c1-12-10-21(8-9-22(12)18(24)13-4-2-3-5-13)11-14-15(19)6-7-16(17(14)20)23(25)26/h6-7,12-13H,2-5,8-11H2,1H3/t12-/m0/s1. The maximum absolute atomic E-state index is 12.7. The van der Waals surface area contributed by atoms with E-state index in [1.165, 1.54) is 12.1 Å². The summed E-state index contributed by atoms with van der Waals surface area (Å²) in [4.78, 5) is 27.4. The molecule has 26 heavy (non-hydrogen) atoms. The summed E-state index contributed by atoms with van der Waals surface area (Å²) in [5.74, 6) is 0.464. The van der Waals surface area contributed by atoms with Gasteiger partial charge in [-0.25, -0.2) is 0 Å². The Morgan fingerprint density at radius 3 is 2.58 bits per heavy atom. The quantitative estimate of drug-likeness (QED) is 0.563. The molecule has 1 aliphatic heterocycles. The van der Waals surface area contributed by atoms with Gasteiger partial charge in [-0.15, -0.1) is 0 Å². The molecular weight excluding hydrogens is 377 g/mol. The Hall–Kier alpha value is -1.37. The largest absolute Gasteiger partial charge is 0.337 e. The summed E-state index contributed by atoms with van der Waals surface area (Å²) in [6.07, 6.45) is 4.30. The van der Waals surface area contributed by atoms with E-state index in [0.717, 1.165) is 25.7 Å². The van der Waals surface area contributed by atoms with Crippen LogP contribution in [0.4, 0.5) is 5.69 Å². The summed E-state index contributed by atoms with van der Waals surface area (Å²) in [5.41, 5.74) is 0.444. The van der Waals surface area contributed by atoms with Crippen molar-refractivity contribution in [3.8, 4) is 0 Å². The molecule has 1 aliphatic carbocycles. The van der Waals surface area contributed by atoms with Crippen molar-refractivity contribution in [2.45, 2.75) is 45.2 Å². The van der Waals surface area contributed by atoms with Crippen LogP contribution in [0, 0.1) is 16.0 Å². The van der Waals surface area contributed by atoms with Gasteiger partial charge >= 0.3 is 0 Å². The van der Waals surface area contributed by atoms with Crippen LogP contribution >= 0.6 is 23.2 Å². The zero-order valence-corrected chi connectivity index (χ0v) is 16.3. The third kappa shape index (κ3) is 3.97. The number of halogens is 2. The van der Waals surface area contributed by atoms with E-state index in [2.05, 4.69) is 11.8 Å². The minimum atomic E-state index is -0.497. The van der Waals surface area contributed by atoms with Crippen molar-refractivity contribution in [1.29, 1.82) is 0 Å². The van der Waals surface area contributed by atoms with Crippen LogP contribution in [0.1, 0.15) is 38.2 Å². The predicted octanol–water partition coefficient (Wildman–Crippen LogP) is 4.12. The molecule has 1 saturated heterocycles. The number of benzene rings is 1. The molecular formula is C18H23Cl2N3O3. The van der Waals surface area contributed by atoms with Gasteiger partial charge in [-0.05, 0) is 25.8 Å². The maximum Gasteiger partial charge on any atom is 0.288 e. The van der Waals surface area contributed by atoms with Crippen molar-refractivity contribution < 1.29 is 9.72 Å². The number of nitro benzene ring substituents is 1. The lowest BCUT2D eigenvalue weighted by atomic mass is 10.0. The first-order valence-corrected chi connectivity index (χ1v) is 9.78. The lowest BCUT2D eigenvalue weighted by Crippen LogP contribution is -2.54. The molecule has 1 amide bonds. The number of piperazine rings is 1. The number of hydrogen-bond donors (Lipinski definition) is 0. The second kappa shape index (κ2) is 8.11. The Morgan fingerprint density at radius 2 is 1.96 bits per heavy atom. The lowest BCUT2D eigenvalue weighted by Gasteiger charge is -2.41. The van der Waals surface area contributed by atoms with Gasteiger partial charge in [-0.1, -0.05) is 36.0 Å². The Labute approximate surface area is 163 Å². The molecule has 0 N–H and O–H groups in total. The molecule has 0 bridgehead atoms. The van der Waals surface area contributed by atoms with Gasteiger partial charge in [0.25, 0.3) is 5.69 Å². The Kier molecular flexibility index (Phi) is 6.05. The van der Waals surface area contributed by atoms with E-state index in [0.29, 0.717) is 36.8 Å². The van der Waals surface area contributed by atoms with Gasteiger partial charge in [-0.2, -0.15) is 0 Å². The first-order valence-electron chi connectivity index (χ1n) is 9.02. The van der Waals surface area contributed by atoms with Gasteiger partial charge in [0, 0.05) is 54.8 Å². The van der Waals surface area contributed by atoms with Crippen LogP contribution < -0.4 is 0 Å². The van der Waals surface area contributed by atoms with Crippen LogP contribution in [0.25, 0.3) is 0 Å². The number of nitro groups is 1. The van der Waals surface area contributed by atoms with Crippen LogP contribution in [0.2, 0.25) is 10.0 Å². The van der Waals surface area contributed by atoms with Crippen LogP contribution in [0.5, 0.6) is 0 Å². The van der Waals surface area contributed by atoms with Crippen LogP contribution in [-0.4, -0.2) is 46.3 Å². The van der Waals surface area contributed by atoms with Gasteiger partial charge in [0.2, 0.25) is 5.91 Å². The highest BCUT2D eigenvalue weighted by Gasteiger charge is 2.33. The third-order valence-corrected chi connectivity index (χ3v) is 6.22. The molecule has 1 aromatic carbocycles. The van der Waals surface area contributed by atoms with E-state index in [4.69, 9.17) is 23.2 Å². The fraction of sp³-hybridized carbons (Fsp3) is 0.611. The minimum Gasteiger partial charge on any atom is -0.337 e. The van der Waals surface area contributed by atoms with Gasteiger partial charge in [0.05, 0.1) is 4.92 Å². The summed E-state index contributed by atoms with van der Waals surface area (Å²) in [6.45, 7) is 4.57. The summed E-state index contributed by atoms with van der Waals surface area (Å²) in [6, 6.07) is 2.95. The second-order valence-corrected chi connectivity index (χ2v) is 8.00. The zero-order valence-electron chi connectivity index (χ0n) is 14.8. The van der Waals surface area contributed by atoms with E-state index in [-0.39, 0.29) is 28.6 Å². The lowest BCUT2D eigenvalue weighted by molar-refractivity contribution is -0.384. The van der Waals surface area contributed by atoms with Crippen molar-refractivity contribution in [3.63, 3.8) is 0 Å². The second-order valence-electron chi connectivity index (χ2n) is 7.21. The first-order chi connectivity index (χ1) is 12.4. The molecule has 1 saturated carbocycles. The molecule has 6 nitrogen and oxygen atoms in total. The summed E-state index contributed by atoms with van der Waals surface area (Å²) in [5, 5.41) is 11.6. The molecule has 1 heterocycles. The number of hydrogen-bond acceptors (Lipinski definition) is 4. The van der Waals surface area contributed by atoms with Gasteiger partial charge in [-0.3, -0.25) is 19.8 Å². The van der Waals surface area contributed by atoms with Crippen molar-refractivity contribution >= 4 is 34.8 Å². The maximum atomic E-state index is 12.7. The number of carbonyl (C=O) groups is 1. The number of carbonyl (C=O) groups excluding carboxylic acids is 1. The molecule has 2 fully saturated rings. The molecule has 2 aliphatic rings. The van der Waals surface area contributed by atoms with Crippen LogP contribution in [0.3, 0.4) is 0 Å². The Balaban J connectivity index is 1.67. The fourth-order valence-electron chi connectivity index (χ4n) is 4.01. The van der Waals surface area contributed by atoms with Gasteiger partial charge < -0.3 is 4.90 Å². The van der Waals surface area contributed by atoms with E-state index < -0.39 is 4.92 Å². The third-order valence-electron chi connectivity index (χ3n) is 5.44. The minimum absolute atomic E-state index is 0.0969. The molecule has 0 unspecified atom stereocenters. The number of amides is 1. The molecule has 8 heteroatoms. The van der Waals surface area contributed by atoms with Crippen molar-refractivity contribution in [2.24, 2.45) is 5.92 Å². The average molecular weight is 400 g/mol. The topological polar surface area (TPSA) is 66.7 Å². The van der Waals surface area contributed by atoms with E-state index in [9.17, 15) is 14.9 Å². The molecule has 0 radical (unpaired) electrons. The Bertz CT molecular complexity index is 707. The van der Waals surface area contributed by atoms with Crippen molar-refractivity contribution in [3.05, 3.63) is 37.9 Å². The van der Waals surface area contributed by atoms with Crippen LogP contribution in [-0.2, 0) is 11.3 Å². The average Bonchev–Trinajstić information content (AvgIpc) is 3.12. The summed E-state index contributed by atoms with van der Waals surface area (Å²) in [7, 11) is 0. The first kappa shape index (κ1) is 19.4. The van der Waals surface area contributed by atoms with E-state index >= 15 is 0 Å². The SMILES string of the molecule is C[C@H]1CN(Cc2c(Cl)ccc([N+](=O)[O-])c2Cl)CCN1C(=O)C1CCCC1. The number of nitrogens with zero attached hydrogens (tertiary/aromatic N) is 3. The highest BCUT2D eigenvalue weighted by molar-refractivity contribution is 6.37. The van der Waals surface area contributed by atoms with Gasteiger partial charge in [0.1, 0.15) is 5.02 Å². The smallest absolute Gasteiger partial charge is 0.288 e. The molecule has 142 valence electrons. The number of rotatable bonds is 4. The molecule has 1 aromatic rings. The monoisotopic (exact) mass is 399 g/mol. The molecule has 0 spiro atoms. The Morgan fingerprint density at radius 1 is 1.27 bits per heavy atom. The zero-order chi connectivity index (χ0) is 18.8. The predicted molar refractivity (Wildman–Crippen MR) is 102 cm³/mol. The fourth-order valence-corrected chi connectivity index (χ4v) is 4.57. The molecule has 3 rings (SSSR count). The highest BCUT2D eigenvalue weighted by atomic mass is 35.5. The summed E-state index contributed by atoms with van der Waals surface area (Å²) < 4.78 is 0. The van der Waals surface area contributed by atoms with E-state index in [1.54, 1.807) is 0 Å². The van der Waals surface area contributed by atoms with Crippen molar-refractivity contribution in [2.75, 3.05) is 19.6 Å². The van der Waals surface area contributed by atoms with Crippen LogP contribution in [0.15, 0.2) is 12.1 Å². The normalized spacial score (nSPS) is 22.0. The van der Waals surface area contributed by atoms with E-state index in [1.807, 2.05) is 4.90 Å². The molecule has 0 aromatic heterocycles.